The molecule has 0 spiro atoms. The Labute approximate surface area is 175 Å². The minimum absolute atomic E-state index is 0.0522. The van der Waals surface area contributed by atoms with E-state index in [0.29, 0.717) is 18.8 Å². The van der Waals surface area contributed by atoms with Crippen LogP contribution in [-0.2, 0) is 14.8 Å². The number of anilines is 1. The van der Waals surface area contributed by atoms with E-state index in [1.807, 2.05) is 13.8 Å². The molecule has 1 amide bonds. The van der Waals surface area contributed by atoms with Gasteiger partial charge in [-0.15, -0.1) is 0 Å². The average Bonchev–Trinajstić information content (AvgIpc) is 3.21. The second-order valence-corrected chi connectivity index (χ2v) is 10.9. The van der Waals surface area contributed by atoms with Crippen molar-refractivity contribution in [2.45, 2.75) is 39.5 Å². The molecule has 2 aliphatic rings. The topological polar surface area (TPSA) is 69.7 Å². The highest BCUT2D eigenvalue weighted by molar-refractivity contribution is 7.89. The van der Waals surface area contributed by atoms with E-state index in [1.54, 1.807) is 24.3 Å². The van der Waals surface area contributed by atoms with Gasteiger partial charge < -0.3 is 10.2 Å². The molecule has 1 aromatic rings. The van der Waals surface area contributed by atoms with Crippen molar-refractivity contribution in [3.63, 3.8) is 0 Å². The molecule has 0 bridgehead atoms. The highest BCUT2D eigenvalue weighted by Gasteiger charge is 2.60. The fourth-order valence-corrected chi connectivity index (χ4v) is 5.71. The number of benzene rings is 1. The van der Waals surface area contributed by atoms with Crippen LogP contribution in [0, 0.1) is 17.3 Å². The van der Waals surface area contributed by atoms with Gasteiger partial charge >= 0.3 is 0 Å². The van der Waals surface area contributed by atoms with Gasteiger partial charge in [0.1, 0.15) is 0 Å². The number of likely N-dealkylation sites (N-methyl/N-ethyl adjacent to an activating group) is 1. The van der Waals surface area contributed by atoms with E-state index in [9.17, 15) is 13.2 Å². The predicted molar refractivity (Wildman–Crippen MR) is 116 cm³/mol. The van der Waals surface area contributed by atoms with Crippen molar-refractivity contribution < 1.29 is 13.2 Å². The van der Waals surface area contributed by atoms with Crippen molar-refractivity contribution in [1.29, 1.82) is 0 Å². The predicted octanol–water partition coefficient (Wildman–Crippen LogP) is 3.19. The molecular formula is C22H33N3O3S. The number of rotatable bonds is 6. The van der Waals surface area contributed by atoms with E-state index in [4.69, 9.17) is 0 Å². The van der Waals surface area contributed by atoms with Gasteiger partial charge in [0.05, 0.1) is 10.8 Å². The number of carbonyl (C=O) groups excluding carboxylic acids is 1. The maximum Gasteiger partial charge on any atom is 0.243 e. The summed E-state index contributed by atoms with van der Waals surface area (Å²) in [6, 6.07) is 6.61. The van der Waals surface area contributed by atoms with Crippen molar-refractivity contribution in [3.05, 3.63) is 35.9 Å². The molecule has 0 radical (unpaired) electrons. The summed E-state index contributed by atoms with van der Waals surface area (Å²) in [4.78, 5) is 15.3. The van der Waals surface area contributed by atoms with Gasteiger partial charge in [-0.05, 0) is 49.9 Å². The van der Waals surface area contributed by atoms with Crippen LogP contribution in [0.2, 0.25) is 0 Å². The lowest BCUT2D eigenvalue weighted by Crippen LogP contribution is -2.48. The fraction of sp³-hybridized carbons (Fsp3) is 0.591. The Morgan fingerprint density at radius 2 is 1.86 bits per heavy atom. The Bertz CT molecular complexity index is 896. The Morgan fingerprint density at radius 3 is 2.45 bits per heavy atom. The Kier molecular flexibility index (Phi) is 6.22. The van der Waals surface area contributed by atoms with Crippen molar-refractivity contribution in [3.8, 4) is 0 Å². The Hall–Kier alpha value is -1.70. The lowest BCUT2D eigenvalue weighted by atomic mass is 10.1. The first-order chi connectivity index (χ1) is 13.6. The van der Waals surface area contributed by atoms with Crippen LogP contribution in [0.25, 0.3) is 0 Å². The SMILES string of the molecule is CCN1CCN(S(=O)(=O)c2cccc(NC(=O)C3C(C=C(C)C)C3(C)C)c2)CC1. The zero-order valence-corrected chi connectivity index (χ0v) is 18.9. The lowest BCUT2D eigenvalue weighted by molar-refractivity contribution is -0.118. The molecule has 1 heterocycles. The number of amides is 1. The molecule has 2 fully saturated rings. The molecule has 2 unspecified atom stereocenters. The summed E-state index contributed by atoms with van der Waals surface area (Å²) < 4.78 is 27.6. The molecule has 7 heteroatoms. The molecule has 1 saturated carbocycles. The summed E-state index contributed by atoms with van der Waals surface area (Å²) in [5.41, 5.74) is 1.65. The summed E-state index contributed by atoms with van der Waals surface area (Å²) in [6.45, 7) is 13.8. The lowest BCUT2D eigenvalue weighted by Gasteiger charge is -2.33. The monoisotopic (exact) mass is 419 g/mol. The molecule has 2 atom stereocenters. The van der Waals surface area contributed by atoms with Gasteiger partial charge in [-0.25, -0.2) is 8.42 Å². The second kappa shape index (κ2) is 8.20. The first-order valence-electron chi connectivity index (χ1n) is 10.4. The van der Waals surface area contributed by atoms with Gasteiger partial charge in [0, 0.05) is 31.9 Å². The van der Waals surface area contributed by atoms with Crippen molar-refractivity contribution >= 4 is 21.6 Å². The highest BCUT2D eigenvalue weighted by Crippen LogP contribution is 2.59. The second-order valence-electron chi connectivity index (χ2n) is 8.92. The molecule has 6 nitrogen and oxygen atoms in total. The number of nitrogens with one attached hydrogen (secondary N) is 1. The van der Waals surface area contributed by atoms with Crippen LogP contribution >= 0.6 is 0 Å². The van der Waals surface area contributed by atoms with Crippen molar-refractivity contribution in [2.75, 3.05) is 38.0 Å². The number of sulfonamides is 1. The summed E-state index contributed by atoms with van der Waals surface area (Å²) in [7, 11) is -3.56. The molecule has 1 aliphatic heterocycles. The largest absolute Gasteiger partial charge is 0.326 e. The third-order valence-electron chi connectivity index (χ3n) is 6.22. The normalized spacial score (nSPS) is 24.7. The van der Waals surface area contributed by atoms with Crippen LogP contribution in [0.15, 0.2) is 40.8 Å². The third kappa shape index (κ3) is 4.57. The van der Waals surface area contributed by atoms with Crippen LogP contribution in [0.3, 0.4) is 0 Å². The van der Waals surface area contributed by atoms with Gasteiger partial charge in [-0.1, -0.05) is 38.5 Å². The average molecular weight is 420 g/mol. The maximum atomic E-state index is 13.0. The van der Waals surface area contributed by atoms with Crippen LogP contribution in [0.4, 0.5) is 5.69 Å². The van der Waals surface area contributed by atoms with Crippen molar-refractivity contribution in [1.82, 2.24) is 9.21 Å². The molecule has 1 aromatic carbocycles. The summed E-state index contributed by atoms with van der Waals surface area (Å²) in [6.07, 6.45) is 2.15. The van der Waals surface area contributed by atoms with E-state index in [-0.39, 0.29) is 28.1 Å². The summed E-state index contributed by atoms with van der Waals surface area (Å²) >= 11 is 0. The number of carbonyl (C=O) groups is 1. The zero-order chi connectivity index (χ0) is 21.4. The van der Waals surface area contributed by atoms with E-state index >= 15 is 0 Å². The number of hydrogen-bond donors (Lipinski definition) is 1. The molecule has 1 aliphatic carbocycles. The molecule has 29 heavy (non-hydrogen) atoms. The maximum absolute atomic E-state index is 13.0. The fourth-order valence-electron chi connectivity index (χ4n) is 4.24. The van der Waals surface area contributed by atoms with Crippen LogP contribution < -0.4 is 5.32 Å². The number of hydrogen-bond acceptors (Lipinski definition) is 4. The zero-order valence-electron chi connectivity index (χ0n) is 18.1. The van der Waals surface area contributed by atoms with Gasteiger partial charge in [0.25, 0.3) is 0 Å². The van der Waals surface area contributed by atoms with Gasteiger partial charge in [-0.3, -0.25) is 4.79 Å². The minimum Gasteiger partial charge on any atom is -0.326 e. The van der Waals surface area contributed by atoms with Crippen molar-refractivity contribution in [2.24, 2.45) is 17.3 Å². The van der Waals surface area contributed by atoms with Gasteiger partial charge in [0.2, 0.25) is 15.9 Å². The van der Waals surface area contributed by atoms with E-state index in [2.05, 4.69) is 37.1 Å². The molecule has 1 saturated heterocycles. The van der Waals surface area contributed by atoms with Crippen LogP contribution in [0.5, 0.6) is 0 Å². The Morgan fingerprint density at radius 1 is 1.21 bits per heavy atom. The quantitative estimate of drug-likeness (QED) is 0.719. The molecule has 0 aromatic heterocycles. The van der Waals surface area contributed by atoms with E-state index in [0.717, 1.165) is 19.6 Å². The van der Waals surface area contributed by atoms with E-state index < -0.39 is 10.0 Å². The number of allylic oxidation sites excluding steroid dienone is 2. The van der Waals surface area contributed by atoms with Crippen LogP contribution in [0.1, 0.15) is 34.6 Å². The minimum atomic E-state index is -3.56. The van der Waals surface area contributed by atoms with E-state index in [1.165, 1.54) is 9.88 Å². The standard InChI is InChI=1S/C22H33N3O3S/c1-6-24-10-12-25(13-11-24)29(27,28)18-9-7-8-17(15-18)23-21(26)20-19(14-16(2)3)22(20,4)5/h7-9,14-15,19-20H,6,10-13H2,1-5H3,(H,23,26). The number of piperazine rings is 1. The molecule has 3 rings (SSSR count). The summed E-state index contributed by atoms with van der Waals surface area (Å²) in [5, 5.41) is 2.93. The number of nitrogens with zero attached hydrogens (tertiary/aromatic N) is 2. The smallest absolute Gasteiger partial charge is 0.243 e. The first kappa shape index (κ1) is 22.0. The molecular weight excluding hydrogens is 386 g/mol. The van der Waals surface area contributed by atoms with Gasteiger partial charge in [0.15, 0.2) is 0 Å². The first-order valence-corrected chi connectivity index (χ1v) is 11.8. The van der Waals surface area contributed by atoms with Gasteiger partial charge in [-0.2, -0.15) is 4.31 Å². The molecule has 160 valence electrons. The summed E-state index contributed by atoms with van der Waals surface area (Å²) in [5.74, 6) is 0.0673. The highest BCUT2D eigenvalue weighted by atomic mass is 32.2. The Balaban J connectivity index is 1.72. The third-order valence-corrected chi connectivity index (χ3v) is 8.12. The molecule has 1 N–H and O–H groups in total. The van der Waals surface area contributed by atoms with Crippen LogP contribution in [-0.4, -0.2) is 56.3 Å².